The fourth-order valence-corrected chi connectivity index (χ4v) is 3.61. The van der Waals surface area contributed by atoms with Crippen LogP contribution in [0.3, 0.4) is 0 Å². The molecule has 0 aromatic heterocycles. The van der Waals surface area contributed by atoms with E-state index in [1.807, 2.05) is 12.1 Å². The molecule has 2 unspecified atom stereocenters. The van der Waals surface area contributed by atoms with E-state index in [1.54, 1.807) is 6.07 Å². The Kier molecular flexibility index (Phi) is 3.35. The summed E-state index contributed by atoms with van der Waals surface area (Å²) >= 11 is 0. The molecule has 98 valence electrons. The normalized spacial score (nSPS) is 31.8. The maximum atomic E-state index is 13.2. The van der Waals surface area contributed by atoms with Gasteiger partial charge in [-0.2, -0.15) is 0 Å². The van der Waals surface area contributed by atoms with E-state index in [2.05, 4.69) is 17.3 Å². The minimum absolute atomic E-state index is 0.120. The molecule has 0 radical (unpaired) electrons. The predicted molar refractivity (Wildman–Crippen MR) is 70.8 cm³/mol. The summed E-state index contributed by atoms with van der Waals surface area (Å²) < 4.78 is 13.2. The Bertz CT molecular complexity index is 407. The summed E-state index contributed by atoms with van der Waals surface area (Å²) in [5.41, 5.74) is 1.11. The van der Waals surface area contributed by atoms with Crippen LogP contribution in [0.25, 0.3) is 0 Å². The van der Waals surface area contributed by atoms with Crippen LogP contribution in [0.1, 0.15) is 31.2 Å². The molecule has 3 rings (SSSR count). The van der Waals surface area contributed by atoms with Crippen molar-refractivity contribution in [2.75, 3.05) is 7.05 Å². The van der Waals surface area contributed by atoms with Crippen LogP contribution < -0.4 is 5.32 Å². The van der Waals surface area contributed by atoms with Crippen LogP contribution >= 0.6 is 0 Å². The first-order valence-electron chi connectivity index (χ1n) is 6.93. The van der Waals surface area contributed by atoms with Gasteiger partial charge in [-0.1, -0.05) is 12.1 Å². The summed E-state index contributed by atoms with van der Waals surface area (Å²) in [6.45, 7) is 0.906. The van der Waals surface area contributed by atoms with Crippen molar-refractivity contribution in [1.29, 1.82) is 0 Å². The molecule has 3 heteroatoms. The van der Waals surface area contributed by atoms with Crippen molar-refractivity contribution in [2.45, 2.75) is 50.4 Å². The van der Waals surface area contributed by atoms with Crippen molar-refractivity contribution in [2.24, 2.45) is 0 Å². The van der Waals surface area contributed by atoms with E-state index in [0.717, 1.165) is 12.1 Å². The second-order valence-corrected chi connectivity index (χ2v) is 5.64. The van der Waals surface area contributed by atoms with Gasteiger partial charge in [0, 0.05) is 24.7 Å². The third-order valence-corrected chi connectivity index (χ3v) is 4.55. The zero-order valence-corrected chi connectivity index (χ0v) is 10.9. The Labute approximate surface area is 108 Å². The van der Waals surface area contributed by atoms with Gasteiger partial charge in [-0.15, -0.1) is 0 Å². The van der Waals surface area contributed by atoms with Crippen molar-refractivity contribution in [1.82, 2.24) is 10.2 Å². The third kappa shape index (κ3) is 2.29. The van der Waals surface area contributed by atoms with Gasteiger partial charge in [-0.25, -0.2) is 4.39 Å². The third-order valence-electron chi connectivity index (χ3n) is 4.55. The highest BCUT2D eigenvalue weighted by Crippen LogP contribution is 2.36. The van der Waals surface area contributed by atoms with Gasteiger partial charge < -0.3 is 5.32 Å². The molecular formula is C15H21FN2. The molecule has 2 aliphatic heterocycles. The Morgan fingerprint density at radius 2 is 2.00 bits per heavy atom. The Hall–Kier alpha value is -0.930. The van der Waals surface area contributed by atoms with Crippen LogP contribution in [0.5, 0.6) is 0 Å². The van der Waals surface area contributed by atoms with E-state index >= 15 is 0 Å². The summed E-state index contributed by atoms with van der Waals surface area (Å²) in [5.74, 6) is -0.120. The minimum atomic E-state index is -0.120. The lowest BCUT2D eigenvalue weighted by Gasteiger charge is -2.39. The number of rotatable bonds is 3. The first kappa shape index (κ1) is 12.1. The van der Waals surface area contributed by atoms with Gasteiger partial charge in [0.05, 0.1) is 0 Å². The van der Waals surface area contributed by atoms with Crippen molar-refractivity contribution in [3.05, 3.63) is 35.6 Å². The smallest absolute Gasteiger partial charge is 0.123 e. The van der Waals surface area contributed by atoms with E-state index in [0.29, 0.717) is 18.1 Å². The Morgan fingerprint density at radius 1 is 1.28 bits per heavy atom. The van der Waals surface area contributed by atoms with Gasteiger partial charge in [0.2, 0.25) is 0 Å². The second kappa shape index (κ2) is 4.98. The first-order chi connectivity index (χ1) is 8.76. The number of nitrogens with zero attached hydrogens (tertiary/aromatic N) is 1. The summed E-state index contributed by atoms with van der Waals surface area (Å²) in [7, 11) is 2.06. The summed E-state index contributed by atoms with van der Waals surface area (Å²) in [5, 5.41) is 3.41. The zero-order valence-electron chi connectivity index (χ0n) is 10.9. The van der Waals surface area contributed by atoms with Crippen molar-refractivity contribution >= 4 is 0 Å². The first-order valence-corrected chi connectivity index (χ1v) is 6.93. The molecule has 2 saturated heterocycles. The topological polar surface area (TPSA) is 15.3 Å². The minimum Gasteiger partial charge on any atom is -0.317 e. The fourth-order valence-electron chi connectivity index (χ4n) is 3.61. The number of halogens is 1. The van der Waals surface area contributed by atoms with Crippen LogP contribution in [0.4, 0.5) is 4.39 Å². The highest BCUT2D eigenvalue weighted by atomic mass is 19.1. The lowest BCUT2D eigenvalue weighted by atomic mass is 9.97. The molecule has 2 atom stereocenters. The van der Waals surface area contributed by atoms with Crippen LogP contribution in [0.2, 0.25) is 0 Å². The fraction of sp³-hybridized carbons (Fsp3) is 0.600. The highest BCUT2D eigenvalue weighted by molar-refractivity contribution is 5.17. The van der Waals surface area contributed by atoms with Crippen LogP contribution in [0, 0.1) is 5.82 Å². The molecule has 2 heterocycles. The monoisotopic (exact) mass is 248 g/mol. The summed E-state index contributed by atoms with van der Waals surface area (Å²) in [6.07, 6.45) is 5.08. The molecule has 0 spiro atoms. The van der Waals surface area contributed by atoms with Crippen LogP contribution in [0.15, 0.2) is 24.3 Å². The van der Waals surface area contributed by atoms with E-state index < -0.39 is 0 Å². The van der Waals surface area contributed by atoms with E-state index in [-0.39, 0.29) is 5.82 Å². The largest absolute Gasteiger partial charge is 0.317 e. The highest BCUT2D eigenvalue weighted by Gasteiger charge is 2.39. The molecule has 2 bridgehead atoms. The van der Waals surface area contributed by atoms with Crippen molar-refractivity contribution in [3.8, 4) is 0 Å². The van der Waals surface area contributed by atoms with Crippen LogP contribution in [-0.2, 0) is 6.54 Å². The number of benzene rings is 1. The molecule has 2 aliphatic rings. The molecule has 1 aromatic carbocycles. The standard InChI is InChI=1S/C15H21FN2/c1-17-13-8-14-5-6-15(9-13)18(14)10-11-3-2-4-12(16)7-11/h2-4,7,13-15,17H,5-6,8-10H2,1H3. The molecule has 0 saturated carbocycles. The van der Waals surface area contributed by atoms with Gasteiger partial charge in [0.25, 0.3) is 0 Å². The van der Waals surface area contributed by atoms with Gasteiger partial charge in [0.15, 0.2) is 0 Å². The number of piperidine rings is 1. The summed E-state index contributed by atoms with van der Waals surface area (Å²) in [6, 6.07) is 9.08. The molecular weight excluding hydrogens is 227 g/mol. The Morgan fingerprint density at radius 3 is 2.61 bits per heavy atom. The lowest BCUT2D eigenvalue weighted by molar-refractivity contribution is 0.111. The maximum absolute atomic E-state index is 13.2. The molecule has 1 aromatic rings. The van der Waals surface area contributed by atoms with Gasteiger partial charge in [-0.05, 0) is 50.4 Å². The molecule has 18 heavy (non-hydrogen) atoms. The second-order valence-electron chi connectivity index (χ2n) is 5.64. The molecule has 0 amide bonds. The molecule has 0 aliphatic carbocycles. The van der Waals surface area contributed by atoms with E-state index in [1.165, 1.54) is 31.7 Å². The zero-order chi connectivity index (χ0) is 12.5. The predicted octanol–water partition coefficient (Wildman–Crippen LogP) is 2.54. The summed E-state index contributed by atoms with van der Waals surface area (Å²) in [4.78, 5) is 2.59. The van der Waals surface area contributed by atoms with E-state index in [9.17, 15) is 4.39 Å². The van der Waals surface area contributed by atoms with E-state index in [4.69, 9.17) is 0 Å². The molecule has 1 N–H and O–H groups in total. The van der Waals surface area contributed by atoms with Crippen molar-refractivity contribution < 1.29 is 4.39 Å². The number of nitrogens with one attached hydrogen (secondary N) is 1. The van der Waals surface area contributed by atoms with Gasteiger partial charge >= 0.3 is 0 Å². The van der Waals surface area contributed by atoms with Gasteiger partial charge in [0.1, 0.15) is 5.82 Å². The SMILES string of the molecule is CNC1CC2CCC(C1)N2Cc1cccc(F)c1. The van der Waals surface area contributed by atoms with Gasteiger partial charge in [-0.3, -0.25) is 4.90 Å². The van der Waals surface area contributed by atoms with Crippen molar-refractivity contribution in [3.63, 3.8) is 0 Å². The Balaban J connectivity index is 1.71. The maximum Gasteiger partial charge on any atom is 0.123 e. The molecule has 2 nitrogen and oxygen atoms in total. The lowest BCUT2D eigenvalue weighted by Crippen LogP contribution is -2.47. The average molecular weight is 248 g/mol. The number of hydrogen-bond acceptors (Lipinski definition) is 2. The average Bonchev–Trinajstić information content (AvgIpc) is 2.62. The number of fused-ring (bicyclic) bond motifs is 2. The number of hydrogen-bond donors (Lipinski definition) is 1. The molecule has 2 fully saturated rings. The van der Waals surface area contributed by atoms with Crippen LogP contribution in [-0.4, -0.2) is 30.1 Å². The quantitative estimate of drug-likeness (QED) is 0.884.